The summed E-state index contributed by atoms with van der Waals surface area (Å²) >= 11 is 0. The maximum atomic E-state index is 11.3. The average molecular weight is 202 g/mol. The van der Waals surface area contributed by atoms with E-state index in [9.17, 15) is 9.59 Å². The van der Waals surface area contributed by atoms with Crippen molar-refractivity contribution in [3.63, 3.8) is 0 Å². The number of rotatable bonds is 5. The van der Waals surface area contributed by atoms with Crippen molar-refractivity contribution in [1.29, 1.82) is 0 Å². The number of hydrogen-bond donors (Lipinski definition) is 3. The summed E-state index contributed by atoms with van der Waals surface area (Å²) in [6, 6.07) is 0. The van der Waals surface area contributed by atoms with Gasteiger partial charge in [0.2, 0.25) is 11.8 Å². The van der Waals surface area contributed by atoms with Crippen LogP contribution in [-0.4, -0.2) is 36.9 Å². The molecule has 0 aromatic heterocycles. The summed E-state index contributed by atoms with van der Waals surface area (Å²) in [5.41, 5.74) is 6.46. The van der Waals surface area contributed by atoms with Gasteiger partial charge in [0.25, 0.3) is 0 Å². The van der Waals surface area contributed by atoms with Crippen LogP contribution in [0.3, 0.4) is 0 Å². The number of hydrogen-bond acceptors (Lipinski definition) is 4. The van der Waals surface area contributed by atoms with Crippen molar-refractivity contribution in [2.24, 2.45) is 17.0 Å². The highest BCUT2D eigenvalue weighted by Gasteiger charge is 2.28. The van der Waals surface area contributed by atoms with E-state index >= 15 is 0 Å². The lowest BCUT2D eigenvalue weighted by Gasteiger charge is -2.27. The largest absolute Gasteiger partial charge is 0.369 e. The van der Waals surface area contributed by atoms with Crippen molar-refractivity contribution < 1.29 is 9.59 Å². The molecule has 6 heteroatoms. The first-order valence-corrected chi connectivity index (χ1v) is 4.27. The predicted molar refractivity (Wildman–Crippen MR) is 52.8 cm³/mol. The molecule has 0 unspecified atom stereocenters. The van der Waals surface area contributed by atoms with E-state index in [2.05, 4.69) is 5.43 Å². The summed E-state index contributed by atoms with van der Waals surface area (Å²) in [6.07, 6.45) is 0. The zero-order valence-electron chi connectivity index (χ0n) is 8.83. The van der Waals surface area contributed by atoms with Gasteiger partial charge in [-0.25, -0.2) is 5.84 Å². The summed E-state index contributed by atoms with van der Waals surface area (Å²) in [6.45, 7) is 4.03. The fraction of sp³-hybridized carbons (Fsp3) is 0.750. The monoisotopic (exact) mass is 202 g/mol. The third-order valence-electron chi connectivity index (χ3n) is 1.84. The van der Waals surface area contributed by atoms with E-state index in [1.54, 1.807) is 25.8 Å². The van der Waals surface area contributed by atoms with E-state index < -0.39 is 11.3 Å². The minimum Gasteiger partial charge on any atom is -0.369 e. The highest BCUT2D eigenvalue weighted by molar-refractivity contribution is 5.81. The molecule has 0 fully saturated rings. The standard InChI is InChI=1S/C8H18N4O2/c1-8(2,7(14)11-10)5-12(3)4-6(9)13/h4-5,10H2,1-3H3,(H2,9,13)(H,11,14). The Kier molecular flexibility index (Phi) is 4.52. The predicted octanol–water partition coefficient (Wildman–Crippen LogP) is -1.58. The molecule has 0 saturated carbocycles. The molecule has 6 nitrogen and oxygen atoms in total. The molecule has 2 amide bonds. The first kappa shape index (κ1) is 12.9. The Morgan fingerprint density at radius 3 is 2.29 bits per heavy atom. The van der Waals surface area contributed by atoms with Gasteiger partial charge in [-0.1, -0.05) is 0 Å². The van der Waals surface area contributed by atoms with Crippen LogP contribution in [0.25, 0.3) is 0 Å². The van der Waals surface area contributed by atoms with Crippen molar-refractivity contribution in [3.05, 3.63) is 0 Å². The molecule has 0 bridgehead atoms. The van der Waals surface area contributed by atoms with E-state index in [4.69, 9.17) is 11.6 Å². The van der Waals surface area contributed by atoms with Gasteiger partial charge in [0, 0.05) is 6.54 Å². The number of likely N-dealkylation sites (N-methyl/N-ethyl adjacent to an activating group) is 1. The number of nitrogens with one attached hydrogen (secondary N) is 1. The molecule has 0 aliphatic heterocycles. The Morgan fingerprint density at radius 2 is 1.93 bits per heavy atom. The van der Waals surface area contributed by atoms with Crippen LogP contribution in [0.1, 0.15) is 13.8 Å². The van der Waals surface area contributed by atoms with E-state index in [0.717, 1.165) is 0 Å². The Hall–Kier alpha value is -1.14. The second-order valence-corrected chi connectivity index (χ2v) is 4.00. The van der Waals surface area contributed by atoms with Crippen molar-refractivity contribution in [1.82, 2.24) is 10.3 Å². The number of carbonyl (C=O) groups is 2. The molecule has 0 aliphatic rings. The highest BCUT2D eigenvalue weighted by Crippen LogP contribution is 2.15. The molecule has 82 valence electrons. The van der Waals surface area contributed by atoms with Gasteiger partial charge in [0.1, 0.15) is 0 Å². The molecule has 0 aromatic rings. The van der Waals surface area contributed by atoms with Gasteiger partial charge in [-0.05, 0) is 20.9 Å². The molecular weight excluding hydrogens is 184 g/mol. The minimum atomic E-state index is -0.640. The van der Waals surface area contributed by atoms with Crippen LogP contribution in [-0.2, 0) is 9.59 Å². The fourth-order valence-electron chi connectivity index (χ4n) is 1.26. The van der Waals surface area contributed by atoms with Crippen LogP contribution >= 0.6 is 0 Å². The smallest absolute Gasteiger partial charge is 0.240 e. The van der Waals surface area contributed by atoms with Crippen LogP contribution < -0.4 is 17.0 Å². The van der Waals surface area contributed by atoms with Crippen LogP contribution in [0.4, 0.5) is 0 Å². The second kappa shape index (κ2) is 4.92. The van der Waals surface area contributed by atoms with Gasteiger partial charge in [0.15, 0.2) is 0 Å². The number of amides is 2. The molecular formula is C8H18N4O2. The summed E-state index contributed by atoms with van der Waals surface area (Å²) < 4.78 is 0. The van der Waals surface area contributed by atoms with E-state index in [1.165, 1.54) is 0 Å². The average Bonchev–Trinajstić information content (AvgIpc) is 1.99. The molecule has 0 atom stereocenters. The molecule has 0 radical (unpaired) electrons. The molecule has 0 rings (SSSR count). The fourth-order valence-corrected chi connectivity index (χ4v) is 1.26. The zero-order valence-corrected chi connectivity index (χ0v) is 8.83. The molecule has 0 aliphatic carbocycles. The number of hydrazine groups is 1. The van der Waals surface area contributed by atoms with Gasteiger partial charge in [-0.3, -0.25) is 19.9 Å². The van der Waals surface area contributed by atoms with Gasteiger partial charge >= 0.3 is 0 Å². The highest BCUT2D eigenvalue weighted by atomic mass is 16.2. The number of carbonyl (C=O) groups excluding carboxylic acids is 2. The lowest BCUT2D eigenvalue weighted by Crippen LogP contribution is -2.47. The number of nitrogens with two attached hydrogens (primary N) is 2. The third kappa shape index (κ3) is 4.20. The Labute approximate surface area is 83.6 Å². The van der Waals surface area contributed by atoms with Crippen LogP contribution in [0.2, 0.25) is 0 Å². The third-order valence-corrected chi connectivity index (χ3v) is 1.84. The van der Waals surface area contributed by atoms with Gasteiger partial charge < -0.3 is 5.73 Å². The van der Waals surface area contributed by atoms with Gasteiger partial charge in [0.05, 0.1) is 12.0 Å². The van der Waals surface area contributed by atoms with Crippen molar-refractivity contribution in [2.45, 2.75) is 13.8 Å². The summed E-state index contributed by atoms with van der Waals surface area (Å²) in [5.74, 6) is 4.34. The second-order valence-electron chi connectivity index (χ2n) is 4.00. The first-order chi connectivity index (χ1) is 6.29. The quantitative estimate of drug-likeness (QED) is 0.284. The summed E-state index contributed by atoms with van der Waals surface area (Å²) in [7, 11) is 1.72. The molecule has 0 saturated heterocycles. The zero-order chi connectivity index (χ0) is 11.4. The topological polar surface area (TPSA) is 101 Å². The van der Waals surface area contributed by atoms with E-state index in [0.29, 0.717) is 6.54 Å². The Balaban J connectivity index is 4.21. The van der Waals surface area contributed by atoms with Crippen LogP contribution in [0.15, 0.2) is 0 Å². The Bertz CT molecular complexity index is 227. The van der Waals surface area contributed by atoms with Gasteiger partial charge in [-0.2, -0.15) is 0 Å². The minimum absolute atomic E-state index is 0.126. The summed E-state index contributed by atoms with van der Waals surface area (Å²) in [4.78, 5) is 23.5. The molecule has 0 heterocycles. The van der Waals surface area contributed by atoms with E-state index in [-0.39, 0.29) is 12.5 Å². The maximum Gasteiger partial charge on any atom is 0.240 e. The first-order valence-electron chi connectivity index (χ1n) is 4.27. The van der Waals surface area contributed by atoms with Crippen LogP contribution in [0.5, 0.6) is 0 Å². The lowest BCUT2D eigenvalue weighted by molar-refractivity contribution is -0.131. The normalized spacial score (nSPS) is 11.5. The van der Waals surface area contributed by atoms with Crippen LogP contribution in [0, 0.1) is 5.41 Å². The lowest BCUT2D eigenvalue weighted by atomic mass is 9.92. The molecule has 14 heavy (non-hydrogen) atoms. The molecule has 5 N–H and O–H groups in total. The van der Waals surface area contributed by atoms with Crippen molar-refractivity contribution in [3.8, 4) is 0 Å². The number of primary amides is 1. The summed E-state index contributed by atoms with van der Waals surface area (Å²) in [5, 5.41) is 0. The van der Waals surface area contributed by atoms with Crippen molar-refractivity contribution in [2.75, 3.05) is 20.1 Å². The van der Waals surface area contributed by atoms with Crippen molar-refractivity contribution >= 4 is 11.8 Å². The maximum absolute atomic E-state index is 11.3. The molecule has 0 spiro atoms. The van der Waals surface area contributed by atoms with Gasteiger partial charge in [-0.15, -0.1) is 0 Å². The molecule has 0 aromatic carbocycles. The Morgan fingerprint density at radius 1 is 1.43 bits per heavy atom. The number of nitrogens with zero attached hydrogens (tertiary/aromatic N) is 1. The van der Waals surface area contributed by atoms with E-state index in [1.807, 2.05) is 0 Å². The SMILES string of the molecule is CN(CC(N)=O)CC(C)(C)C(=O)NN.